The Balaban J connectivity index is 1.40. The fourth-order valence-electron chi connectivity index (χ4n) is 5.31. The van der Waals surface area contributed by atoms with Crippen molar-refractivity contribution in [3.63, 3.8) is 0 Å². The number of allylic oxidation sites excluding steroid dienone is 2. The highest BCUT2D eigenvalue weighted by Gasteiger charge is 2.32. The van der Waals surface area contributed by atoms with Gasteiger partial charge in [-0.2, -0.15) is 9.65 Å². The molecule has 2 saturated carbocycles. The van der Waals surface area contributed by atoms with Crippen LogP contribution in [0, 0.1) is 29.1 Å². The van der Waals surface area contributed by atoms with Crippen molar-refractivity contribution in [2.75, 3.05) is 0 Å². The first kappa shape index (κ1) is 22.7. The Morgan fingerprint density at radius 1 is 0.967 bits per heavy atom. The third kappa shape index (κ3) is 6.75. The van der Waals surface area contributed by atoms with Gasteiger partial charge in [-0.3, -0.25) is 0 Å². The van der Waals surface area contributed by atoms with E-state index in [0.717, 1.165) is 36.7 Å². The van der Waals surface area contributed by atoms with E-state index in [-0.39, 0.29) is 5.75 Å². The monoisotopic (exact) mass is 423 g/mol. The lowest BCUT2D eigenvalue weighted by atomic mass is 9.68. The van der Waals surface area contributed by atoms with Gasteiger partial charge in [0.1, 0.15) is 11.8 Å². The smallest absolute Gasteiger partial charge is 0.406 e. The molecule has 1 aromatic carbocycles. The van der Waals surface area contributed by atoms with Crippen LogP contribution in [0.15, 0.2) is 36.2 Å². The van der Waals surface area contributed by atoms with E-state index in [4.69, 9.17) is 5.26 Å². The maximum atomic E-state index is 12.9. The van der Waals surface area contributed by atoms with E-state index >= 15 is 0 Å². The third-order valence-electron chi connectivity index (χ3n) is 6.92. The summed E-state index contributed by atoms with van der Waals surface area (Å²) >= 11 is 0. The van der Waals surface area contributed by atoms with E-state index < -0.39 is 12.2 Å². The molecule has 0 radical (unpaired) electrons. The van der Waals surface area contributed by atoms with Crippen LogP contribution in [-0.4, -0.2) is 6.36 Å². The number of ether oxygens (including phenoxy) is 1. The Hall–Kier alpha value is -2.03. The molecule has 0 amide bonds. The van der Waals surface area contributed by atoms with E-state index in [1.807, 2.05) is 0 Å². The molecule has 164 valence electrons. The van der Waals surface area contributed by atoms with E-state index in [9.17, 15) is 17.6 Å². The van der Waals surface area contributed by atoms with Crippen LogP contribution >= 0.6 is 0 Å². The Kier molecular flexibility index (Phi) is 7.80. The molecule has 0 heterocycles. The molecule has 0 aliphatic heterocycles. The van der Waals surface area contributed by atoms with Crippen LogP contribution in [0.3, 0.4) is 0 Å². The predicted molar refractivity (Wildman–Crippen MR) is 107 cm³/mol. The zero-order valence-electron chi connectivity index (χ0n) is 17.1. The minimum atomic E-state index is -4.65. The van der Waals surface area contributed by atoms with Gasteiger partial charge in [-0.05, 0) is 98.8 Å². The molecule has 2 aliphatic rings. The first-order valence-corrected chi connectivity index (χ1v) is 11.0. The van der Waals surface area contributed by atoms with Crippen molar-refractivity contribution >= 4 is 0 Å². The van der Waals surface area contributed by atoms with Crippen molar-refractivity contribution in [1.29, 1.82) is 5.26 Å². The van der Waals surface area contributed by atoms with Crippen molar-refractivity contribution < 1.29 is 22.3 Å². The van der Waals surface area contributed by atoms with Crippen molar-refractivity contribution in [3.05, 3.63) is 41.7 Å². The second kappa shape index (κ2) is 10.3. The number of hydrogen-bond donors (Lipinski definition) is 0. The third-order valence-corrected chi connectivity index (χ3v) is 6.92. The van der Waals surface area contributed by atoms with Gasteiger partial charge in [-0.25, -0.2) is 0 Å². The maximum absolute atomic E-state index is 12.9. The second-order valence-corrected chi connectivity index (χ2v) is 8.75. The summed E-state index contributed by atoms with van der Waals surface area (Å²) in [6.07, 6.45) is 7.72. The maximum Gasteiger partial charge on any atom is 0.573 e. The van der Waals surface area contributed by atoms with Crippen molar-refractivity contribution in [2.24, 2.45) is 17.8 Å². The number of nitrogens with zero attached hydrogens (tertiary/aromatic N) is 1. The quantitative estimate of drug-likeness (QED) is 0.345. The van der Waals surface area contributed by atoms with Crippen molar-refractivity contribution in [2.45, 2.75) is 76.5 Å². The molecule has 0 N–H and O–H groups in total. The lowest BCUT2D eigenvalue weighted by Gasteiger charge is -2.38. The summed E-state index contributed by atoms with van der Waals surface area (Å²) in [5.74, 6) is 1.71. The SMILES string of the molecule is N#CC(F)=CCC[C@H]1CC[C@H]([C@H]2CC[C@H](c3ccc(OC(F)(F)F)cc3)CC2)CC1. The molecular formula is C24H29F4NO. The van der Waals surface area contributed by atoms with E-state index in [2.05, 4.69) is 4.74 Å². The molecule has 6 heteroatoms. The molecule has 0 atom stereocenters. The number of benzene rings is 1. The van der Waals surface area contributed by atoms with E-state index in [0.29, 0.717) is 18.3 Å². The number of halogens is 4. The minimum Gasteiger partial charge on any atom is -0.406 e. The summed E-state index contributed by atoms with van der Waals surface area (Å²) in [5.41, 5.74) is 1.10. The van der Waals surface area contributed by atoms with Gasteiger partial charge in [0.2, 0.25) is 0 Å². The van der Waals surface area contributed by atoms with Gasteiger partial charge >= 0.3 is 6.36 Å². The van der Waals surface area contributed by atoms with Crippen LogP contribution in [0.1, 0.15) is 75.7 Å². The number of nitriles is 1. The average Bonchev–Trinajstić information content (AvgIpc) is 2.74. The molecule has 2 fully saturated rings. The Morgan fingerprint density at radius 2 is 1.53 bits per heavy atom. The fourth-order valence-corrected chi connectivity index (χ4v) is 5.31. The van der Waals surface area contributed by atoms with Gasteiger partial charge in [-0.15, -0.1) is 13.2 Å². The van der Waals surface area contributed by atoms with Crippen LogP contribution < -0.4 is 4.74 Å². The first-order valence-electron chi connectivity index (χ1n) is 11.0. The van der Waals surface area contributed by atoms with Crippen LogP contribution in [0.2, 0.25) is 0 Å². The fraction of sp³-hybridized carbons (Fsp3) is 0.625. The topological polar surface area (TPSA) is 33.0 Å². The molecule has 0 aromatic heterocycles. The molecule has 30 heavy (non-hydrogen) atoms. The highest BCUT2D eigenvalue weighted by Crippen LogP contribution is 2.44. The molecule has 2 aliphatic carbocycles. The second-order valence-electron chi connectivity index (χ2n) is 8.75. The van der Waals surface area contributed by atoms with Crippen molar-refractivity contribution in [1.82, 2.24) is 0 Å². The molecule has 1 aromatic rings. The van der Waals surface area contributed by atoms with Crippen LogP contribution in [0.5, 0.6) is 5.75 Å². The summed E-state index contributed by atoms with van der Waals surface area (Å²) in [4.78, 5) is 0. The number of alkyl halides is 3. The summed E-state index contributed by atoms with van der Waals surface area (Å²) in [7, 11) is 0. The van der Waals surface area contributed by atoms with E-state index in [1.165, 1.54) is 62.8 Å². The lowest BCUT2D eigenvalue weighted by molar-refractivity contribution is -0.274. The molecule has 0 spiro atoms. The molecule has 0 unspecified atom stereocenters. The van der Waals surface area contributed by atoms with Crippen LogP contribution in [-0.2, 0) is 0 Å². The van der Waals surface area contributed by atoms with Crippen molar-refractivity contribution in [3.8, 4) is 11.8 Å². The Morgan fingerprint density at radius 3 is 2.07 bits per heavy atom. The molecular weight excluding hydrogens is 394 g/mol. The highest BCUT2D eigenvalue weighted by molar-refractivity contribution is 5.29. The Labute approximate surface area is 175 Å². The zero-order chi connectivity index (χ0) is 21.6. The molecule has 0 saturated heterocycles. The van der Waals surface area contributed by atoms with Gasteiger partial charge in [0.05, 0.1) is 0 Å². The lowest BCUT2D eigenvalue weighted by Crippen LogP contribution is -2.25. The highest BCUT2D eigenvalue weighted by atomic mass is 19.4. The predicted octanol–water partition coefficient (Wildman–Crippen LogP) is 7.82. The largest absolute Gasteiger partial charge is 0.573 e. The average molecular weight is 423 g/mol. The summed E-state index contributed by atoms with van der Waals surface area (Å²) < 4.78 is 53.7. The van der Waals surface area contributed by atoms with Gasteiger partial charge < -0.3 is 4.74 Å². The van der Waals surface area contributed by atoms with Gasteiger partial charge in [-0.1, -0.05) is 25.0 Å². The normalized spacial score (nSPS) is 28.0. The molecule has 2 nitrogen and oxygen atoms in total. The molecule has 0 bridgehead atoms. The Bertz CT molecular complexity index is 734. The zero-order valence-corrected chi connectivity index (χ0v) is 17.1. The summed E-state index contributed by atoms with van der Waals surface area (Å²) in [6.45, 7) is 0. The van der Waals surface area contributed by atoms with Gasteiger partial charge in [0, 0.05) is 0 Å². The standard InChI is InChI=1S/C24H29F4NO/c25-22(16-29)3-1-2-17-4-6-18(7-5-17)19-8-10-20(11-9-19)21-12-14-23(15-13-21)30-24(26,27)28/h3,12-15,17-20H,1-2,4-11H2/t17-,18-,19-,20-. The van der Waals surface area contributed by atoms with Crippen LogP contribution in [0.4, 0.5) is 17.6 Å². The molecule has 3 rings (SSSR count). The van der Waals surface area contributed by atoms with Crippen LogP contribution in [0.25, 0.3) is 0 Å². The first-order chi connectivity index (χ1) is 14.3. The number of rotatable bonds is 6. The van der Waals surface area contributed by atoms with Gasteiger partial charge in [0.15, 0.2) is 5.83 Å². The van der Waals surface area contributed by atoms with Gasteiger partial charge in [0.25, 0.3) is 0 Å². The summed E-state index contributed by atoms with van der Waals surface area (Å²) in [5, 5.41) is 8.46. The minimum absolute atomic E-state index is 0.164. The van der Waals surface area contributed by atoms with E-state index in [1.54, 1.807) is 12.1 Å². The number of hydrogen-bond acceptors (Lipinski definition) is 2. The summed E-state index contributed by atoms with van der Waals surface area (Å²) in [6, 6.07) is 7.87.